The Balaban J connectivity index is 1.60. The second-order valence-electron chi connectivity index (χ2n) is 5.63. The molecule has 1 N–H and O–H groups in total. The van der Waals surface area contributed by atoms with Gasteiger partial charge in [0, 0.05) is 31.4 Å². The maximum absolute atomic E-state index is 4.26. The van der Waals surface area contributed by atoms with Crippen LogP contribution in [0.2, 0.25) is 0 Å². The topological polar surface area (TPSA) is 33.1 Å². The molecule has 1 aromatic heterocycles. The average Bonchev–Trinajstić information content (AvgIpc) is 2.80. The lowest BCUT2D eigenvalue weighted by Gasteiger charge is -2.16. The highest BCUT2D eigenvalue weighted by molar-refractivity contribution is 5.15. The molecule has 0 amide bonds. The third-order valence-electron chi connectivity index (χ3n) is 3.84. The lowest BCUT2D eigenvalue weighted by atomic mass is 10.2. The van der Waals surface area contributed by atoms with Crippen molar-refractivity contribution >= 4 is 0 Å². The Hall–Kier alpha value is -1.65. The van der Waals surface area contributed by atoms with Gasteiger partial charge in [-0.25, -0.2) is 0 Å². The summed E-state index contributed by atoms with van der Waals surface area (Å²) in [6.45, 7) is 6.17. The molecule has 0 bridgehead atoms. The normalized spacial score (nSPS) is 11.2. The lowest BCUT2D eigenvalue weighted by molar-refractivity contribution is 0.319. The highest BCUT2D eigenvalue weighted by Crippen LogP contribution is 2.05. The smallest absolute Gasteiger partial charge is 0.0537 e. The standard InChI is InChI=1S/C17H26N4/c1-15-17(13-19-21(15)3)12-18-10-7-11-20(2)14-16-8-5-4-6-9-16/h4-6,8-9,13,18H,7,10-12,14H2,1-3H3. The van der Waals surface area contributed by atoms with Crippen molar-refractivity contribution < 1.29 is 0 Å². The first-order valence-corrected chi connectivity index (χ1v) is 7.57. The van der Waals surface area contributed by atoms with Crippen LogP contribution in [0.4, 0.5) is 0 Å². The molecule has 0 radical (unpaired) electrons. The molecule has 0 unspecified atom stereocenters. The molecule has 0 aliphatic heterocycles. The molecule has 4 heteroatoms. The van der Waals surface area contributed by atoms with E-state index in [4.69, 9.17) is 0 Å². The molecule has 0 saturated heterocycles. The van der Waals surface area contributed by atoms with E-state index in [2.05, 4.69) is 59.6 Å². The van der Waals surface area contributed by atoms with E-state index in [0.717, 1.165) is 32.6 Å². The number of aryl methyl sites for hydroxylation is 1. The number of benzene rings is 1. The van der Waals surface area contributed by atoms with Gasteiger partial charge in [-0.15, -0.1) is 0 Å². The summed E-state index contributed by atoms with van der Waals surface area (Å²) in [6, 6.07) is 10.6. The zero-order valence-corrected chi connectivity index (χ0v) is 13.3. The molecule has 0 fully saturated rings. The fourth-order valence-electron chi connectivity index (χ4n) is 2.39. The number of hydrogen-bond donors (Lipinski definition) is 1. The van der Waals surface area contributed by atoms with Gasteiger partial charge in [-0.1, -0.05) is 30.3 Å². The highest BCUT2D eigenvalue weighted by Gasteiger charge is 2.03. The molecule has 2 aromatic rings. The van der Waals surface area contributed by atoms with E-state index in [0.29, 0.717) is 0 Å². The fraction of sp³-hybridized carbons (Fsp3) is 0.471. The number of hydrogen-bond acceptors (Lipinski definition) is 3. The maximum atomic E-state index is 4.26. The summed E-state index contributed by atoms with van der Waals surface area (Å²) < 4.78 is 1.92. The van der Waals surface area contributed by atoms with Crippen molar-refractivity contribution in [3.63, 3.8) is 0 Å². The van der Waals surface area contributed by atoms with Crippen molar-refractivity contribution in [1.82, 2.24) is 20.0 Å². The molecule has 0 saturated carbocycles. The minimum absolute atomic E-state index is 0.905. The molecule has 1 heterocycles. The highest BCUT2D eigenvalue weighted by atomic mass is 15.3. The fourth-order valence-corrected chi connectivity index (χ4v) is 2.39. The SMILES string of the molecule is Cc1c(CNCCCN(C)Cc2ccccc2)cnn1C. The van der Waals surface area contributed by atoms with Gasteiger partial charge in [-0.3, -0.25) is 4.68 Å². The summed E-state index contributed by atoms with van der Waals surface area (Å²) in [4.78, 5) is 2.37. The molecule has 0 atom stereocenters. The third kappa shape index (κ3) is 4.99. The second-order valence-corrected chi connectivity index (χ2v) is 5.63. The number of aromatic nitrogens is 2. The summed E-state index contributed by atoms with van der Waals surface area (Å²) in [5, 5.41) is 7.75. The Bertz CT molecular complexity index is 533. The summed E-state index contributed by atoms with van der Waals surface area (Å²) in [7, 11) is 4.16. The van der Waals surface area contributed by atoms with Gasteiger partial charge in [-0.05, 0) is 39.0 Å². The number of nitrogens with zero attached hydrogens (tertiary/aromatic N) is 3. The summed E-state index contributed by atoms with van der Waals surface area (Å²) in [6.07, 6.45) is 3.10. The Morgan fingerprint density at radius 1 is 1.24 bits per heavy atom. The maximum Gasteiger partial charge on any atom is 0.0537 e. The predicted octanol–water partition coefficient (Wildman–Crippen LogP) is 2.34. The van der Waals surface area contributed by atoms with E-state index in [9.17, 15) is 0 Å². The quantitative estimate of drug-likeness (QED) is 0.756. The summed E-state index contributed by atoms with van der Waals surface area (Å²) in [5.41, 5.74) is 3.90. The summed E-state index contributed by atoms with van der Waals surface area (Å²) >= 11 is 0. The second kappa shape index (κ2) is 7.96. The Morgan fingerprint density at radius 3 is 2.67 bits per heavy atom. The average molecular weight is 286 g/mol. The van der Waals surface area contributed by atoms with Gasteiger partial charge >= 0.3 is 0 Å². The first-order chi connectivity index (χ1) is 10.2. The molecule has 0 aliphatic rings. The predicted molar refractivity (Wildman–Crippen MR) is 87.0 cm³/mol. The van der Waals surface area contributed by atoms with E-state index >= 15 is 0 Å². The molecule has 1 aromatic carbocycles. The van der Waals surface area contributed by atoms with Gasteiger partial charge < -0.3 is 10.2 Å². The van der Waals surface area contributed by atoms with Crippen molar-refractivity contribution in [1.29, 1.82) is 0 Å². The van der Waals surface area contributed by atoms with Crippen LogP contribution in [0.15, 0.2) is 36.5 Å². The van der Waals surface area contributed by atoms with Crippen molar-refractivity contribution in [3.8, 4) is 0 Å². The van der Waals surface area contributed by atoms with Gasteiger partial charge in [0.05, 0.1) is 6.20 Å². The first kappa shape index (κ1) is 15.7. The van der Waals surface area contributed by atoms with Crippen LogP contribution >= 0.6 is 0 Å². The van der Waals surface area contributed by atoms with E-state index in [1.165, 1.54) is 16.8 Å². The zero-order chi connectivity index (χ0) is 15.1. The third-order valence-corrected chi connectivity index (χ3v) is 3.84. The summed E-state index contributed by atoms with van der Waals surface area (Å²) in [5.74, 6) is 0. The molecule has 114 valence electrons. The van der Waals surface area contributed by atoms with Gasteiger partial charge in [0.2, 0.25) is 0 Å². The zero-order valence-electron chi connectivity index (χ0n) is 13.3. The van der Waals surface area contributed by atoms with E-state index in [1.807, 2.05) is 17.9 Å². The molecular weight excluding hydrogens is 260 g/mol. The van der Waals surface area contributed by atoms with Crippen molar-refractivity contribution in [2.45, 2.75) is 26.4 Å². The van der Waals surface area contributed by atoms with Crippen molar-refractivity contribution in [2.24, 2.45) is 7.05 Å². The molecular formula is C17H26N4. The molecule has 21 heavy (non-hydrogen) atoms. The van der Waals surface area contributed by atoms with Crippen LogP contribution in [-0.2, 0) is 20.1 Å². The lowest BCUT2D eigenvalue weighted by Crippen LogP contribution is -2.23. The Labute approximate surface area is 127 Å². The molecule has 2 rings (SSSR count). The van der Waals surface area contributed by atoms with Crippen LogP contribution < -0.4 is 5.32 Å². The van der Waals surface area contributed by atoms with Gasteiger partial charge in [0.25, 0.3) is 0 Å². The monoisotopic (exact) mass is 286 g/mol. The van der Waals surface area contributed by atoms with Crippen molar-refractivity contribution in [2.75, 3.05) is 20.1 Å². The Morgan fingerprint density at radius 2 is 2.00 bits per heavy atom. The van der Waals surface area contributed by atoms with E-state index in [1.54, 1.807) is 0 Å². The minimum Gasteiger partial charge on any atom is -0.312 e. The van der Waals surface area contributed by atoms with Crippen LogP contribution in [0.25, 0.3) is 0 Å². The van der Waals surface area contributed by atoms with Crippen molar-refractivity contribution in [3.05, 3.63) is 53.3 Å². The minimum atomic E-state index is 0.905. The Kier molecular flexibility index (Phi) is 5.96. The first-order valence-electron chi connectivity index (χ1n) is 7.57. The van der Waals surface area contributed by atoms with Crippen LogP contribution in [0.1, 0.15) is 23.2 Å². The van der Waals surface area contributed by atoms with Crippen LogP contribution in [0, 0.1) is 6.92 Å². The van der Waals surface area contributed by atoms with Crippen LogP contribution in [-0.4, -0.2) is 34.8 Å². The number of nitrogens with one attached hydrogen (secondary N) is 1. The van der Waals surface area contributed by atoms with Gasteiger partial charge in [-0.2, -0.15) is 5.10 Å². The number of rotatable bonds is 8. The van der Waals surface area contributed by atoms with E-state index in [-0.39, 0.29) is 0 Å². The molecule has 4 nitrogen and oxygen atoms in total. The largest absolute Gasteiger partial charge is 0.312 e. The van der Waals surface area contributed by atoms with Gasteiger partial charge in [0.15, 0.2) is 0 Å². The van der Waals surface area contributed by atoms with Gasteiger partial charge in [0.1, 0.15) is 0 Å². The van der Waals surface area contributed by atoms with Crippen LogP contribution in [0.5, 0.6) is 0 Å². The molecule has 0 aliphatic carbocycles. The van der Waals surface area contributed by atoms with E-state index < -0.39 is 0 Å². The molecule has 0 spiro atoms. The van der Waals surface area contributed by atoms with Crippen LogP contribution in [0.3, 0.4) is 0 Å².